The molecule has 96 valence electrons. The number of rotatable bonds is 3. The van der Waals surface area contributed by atoms with Crippen LogP contribution in [0.15, 0.2) is 18.2 Å². The van der Waals surface area contributed by atoms with Crippen LogP contribution in [0.25, 0.3) is 0 Å². The highest BCUT2D eigenvalue weighted by Crippen LogP contribution is 2.28. The van der Waals surface area contributed by atoms with Gasteiger partial charge in [0.2, 0.25) is 0 Å². The highest BCUT2D eigenvalue weighted by atomic mass is 35.5. The third-order valence-electron chi connectivity index (χ3n) is 3.42. The lowest BCUT2D eigenvalue weighted by Gasteiger charge is -2.31. The fourth-order valence-corrected chi connectivity index (χ4v) is 2.58. The van der Waals surface area contributed by atoms with Gasteiger partial charge in [-0.25, -0.2) is 0 Å². The van der Waals surface area contributed by atoms with E-state index in [9.17, 15) is 0 Å². The van der Waals surface area contributed by atoms with Crippen LogP contribution < -0.4 is 10.1 Å². The summed E-state index contributed by atoms with van der Waals surface area (Å²) in [6.45, 7) is 0. The van der Waals surface area contributed by atoms with Crippen LogP contribution in [0.5, 0.6) is 5.75 Å². The zero-order valence-electron chi connectivity index (χ0n) is 10.4. The highest BCUT2D eigenvalue weighted by molar-refractivity contribution is 6.30. The topological polar surface area (TPSA) is 45.0 Å². The van der Waals surface area contributed by atoms with Crippen molar-refractivity contribution < 1.29 is 4.74 Å². The number of halogens is 1. The molecule has 1 aromatic carbocycles. The first-order valence-corrected chi connectivity index (χ1v) is 6.66. The maximum absolute atomic E-state index is 9.07. The Morgan fingerprint density at radius 1 is 1.39 bits per heavy atom. The minimum atomic E-state index is 0.120. The Bertz CT molecular complexity index is 456. The van der Waals surface area contributed by atoms with Crippen LogP contribution in [0.3, 0.4) is 0 Å². The van der Waals surface area contributed by atoms with Gasteiger partial charge in [-0.15, -0.1) is 0 Å². The first-order valence-electron chi connectivity index (χ1n) is 6.28. The standard InChI is InChI=1S/C14H17ClN2O/c1-17-12-4-2-3-5-13(12)18-14-8-11(15)7-6-10(14)9-16/h6-8,12-13,17H,2-5H2,1H3. The monoisotopic (exact) mass is 264 g/mol. The van der Waals surface area contributed by atoms with Crippen LogP contribution in [0.4, 0.5) is 0 Å². The molecule has 1 aromatic rings. The second-order valence-corrected chi connectivity index (χ2v) is 5.02. The molecule has 0 aliphatic heterocycles. The molecule has 4 heteroatoms. The van der Waals surface area contributed by atoms with Crippen molar-refractivity contribution >= 4 is 11.6 Å². The van der Waals surface area contributed by atoms with Crippen molar-refractivity contribution in [2.24, 2.45) is 0 Å². The first kappa shape index (κ1) is 13.2. The fraction of sp³-hybridized carbons (Fsp3) is 0.500. The van der Waals surface area contributed by atoms with Gasteiger partial charge in [0.25, 0.3) is 0 Å². The van der Waals surface area contributed by atoms with Crippen molar-refractivity contribution in [3.63, 3.8) is 0 Å². The Morgan fingerprint density at radius 2 is 2.17 bits per heavy atom. The zero-order valence-corrected chi connectivity index (χ0v) is 11.2. The van der Waals surface area contributed by atoms with Gasteiger partial charge >= 0.3 is 0 Å². The highest BCUT2D eigenvalue weighted by Gasteiger charge is 2.26. The van der Waals surface area contributed by atoms with Gasteiger partial charge in [0.1, 0.15) is 17.9 Å². The molecule has 18 heavy (non-hydrogen) atoms. The summed E-state index contributed by atoms with van der Waals surface area (Å²) in [4.78, 5) is 0. The number of ether oxygens (including phenoxy) is 1. The molecule has 0 spiro atoms. The summed E-state index contributed by atoms with van der Waals surface area (Å²) < 4.78 is 5.99. The quantitative estimate of drug-likeness (QED) is 0.912. The molecule has 0 heterocycles. The SMILES string of the molecule is CNC1CCCCC1Oc1cc(Cl)ccc1C#N. The predicted octanol–water partition coefficient (Wildman–Crippen LogP) is 3.12. The van der Waals surface area contributed by atoms with E-state index in [1.807, 2.05) is 7.05 Å². The summed E-state index contributed by atoms with van der Waals surface area (Å²) in [5.74, 6) is 0.595. The lowest BCUT2D eigenvalue weighted by Crippen LogP contribution is -2.43. The molecule has 0 aromatic heterocycles. The maximum Gasteiger partial charge on any atom is 0.139 e. The molecule has 2 unspecified atom stereocenters. The van der Waals surface area contributed by atoms with Crippen LogP contribution in [0.2, 0.25) is 5.02 Å². The molecule has 0 radical (unpaired) electrons. The fourth-order valence-electron chi connectivity index (χ4n) is 2.42. The minimum absolute atomic E-state index is 0.120. The van der Waals surface area contributed by atoms with Gasteiger partial charge in [0, 0.05) is 17.1 Å². The van der Waals surface area contributed by atoms with Crippen molar-refractivity contribution in [2.75, 3.05) is 7.05 Å². The number of hydrogen-bond acceptors (Lipinski definition) is 3. The van der Waals surface area contributed by atoms with E-state index in [0.717, 1.165) is 12.8 Å². The van der Waals surface area contributed by atoms with Crippen molar-refractivity contribution in [1.82, 2.24) is 5.32 Å². The van der Waals surface area contributed by atoms with Gasteiger partial charge in [0.05, 0.1) is 5.56 Å². The van der Waals surface area contributed by atoms with Crippen LogP contribution in [0.1, 0.15) is 31.2 Å². The van der Waals surface area contributed by atoms with Crippen LogP contribution >= 0.6 is 11.6 Å². The maximum atomic E-state index is 9.07. The van der Waals surface area contributed by atoms with E-state index in [0.29, 0.717) is 22.4 Å². The molecule has 1 N–H and O–H groups in total. The van der Waals surface area contributed by atoms with Crippen LogP contribution in [0, 0.1) is 11.3 Å². The largest absolute Gasteiger partial charge is 0.487 e. The summed E-state index contributed by atoms with van der Waals surface area (Å²) in [5.41, 5.74) is 0.542. The predicted molar refractivity (Wildman–Crippen MR) is 71.9 cm³/mol. The van der Waals surface area contributed by atoms with Gasteiger partial charge in [-0.1, -0.05) is 18.0 Å². The van der Waals surface area contributed by atoms with Gasteiger partial charge in [-0.05, 0) is 38.4 Å². The Balaban J connectivity index is 2.17. The molecule has 2 atom stereocenters. The summed E-state index contributed by atoms with van der Waals surface area (Å²) in [6, 6.07) is 7.63. The Kier molecular flexibility index (Phi) is 4.46. The summed E-state index contributed by atoms with van der Waals surface area (Å²) >= 11 is 5.96. The Hall–Kier alpha value is -1.24. The van der Waals surface area contributed by atoms with E-state index < -0.39 is 0 Å². The Labute approximate surface area is 113 Å². The van der Waals surface area contributed by atoms with E-state index in [1.165, 1.54) is 12.8 Å². The second kappa shape index (κ2) is 6.08. The number of nitrogens with zero attached hydrogens (tertiary/aromatic N) is 1. The first-order chi connectivity index (χ1) is 8.74. The third-order valence-corrected chi connectivity index (χ3v) is 3.65. The van der Waals surface area contributed by atoms with E-state index in [4.69, 9.17) is 21.6 Å². The van der Waals surface area contributed by atoms with Crippen molar-refractivity contribution in [2.45, 2.75) is 37.8 Å². The van der Waals surface area contributed by atoms with E-state index in [-0.39, 0.29) is 6.10 Å². The van der Waals surface area contributed by atoms with Gasteiger partial charge in [-0.2, -0.15) is 5.26 Å². The molecule has 0 saturated heterocycles. The summed E-state index contributed by atoms with van der Waals surface area (Å²) in [6.07, 6.45) is 4.65. The molecule has 1 aliphatic rings. The average molecular weight is 265 g/mol. The van der Waals surface area contributed by atoms with E-state index in [2.05, 4.69) is 11.4 Å². The lowest BCUT2D eigenvalue weighted by atomic mass is 9.92. The zero-order chi connectivity index (χ0) is 13.0. The molecule has 1 saturated carbocycles. The van der Waals surface area contributed by atoms with Gasteiger partial charge in [0.15, 0.2) is 0 Å². The van der Waals surface area contributed by atoms with Crippen molar-refractivity contribution in [3.8, 4) is 11.8 Å². The molecular weight excluding hydrogens is 248 g/mol. The van der Waals surface area contributed by atoms with E-state index >= 15 is 0 Å². The number of benzene rings is 1. The molecule has 2 rings (SSSR count). The molecule has 3 nitrogen and oxygen atoms in total. The summed E-state index contributed by atoms with van der Waals surface area (Å²) in [7, 11) is 1.95. The summed E-state index contributed by atoms with van der Waals surface area (Å²) in [5, 5.41) is 13.0. The molecule has 1 aliphatic carbocycles. The van der Waals surface area contributed by atoms with Crippen molar-refractivity contribution in [3.05, 3.63) is 28.8 Å². The van der Waals surface area contributed by atoms with E-state index in [1.54, 1.807) is 18.2 Å². The van der Waals surface area contributed by atoms with Crippen molar-refractivity contribution in [1.29, 1.82) is 5.26 Å². The molecular formula is C14H17ClN2O. The molecule has 1 fully saturated rings. The number of nitriles is 1. The second-order valence-electron chi connectivity index (χ2n) is 4.59. The number of likely N-dealkylation sites (N-methyl/N-ethyl adjacent to an activating group) is 1. The third kappa shape index (κ3) is 2.95. The van der Waals surface area contributed by atoms with Gasteiger partial charge in [-0.3, -0.25) is 0 Å². The lowest BCUT2D eigenvalue weighted by molar-refractivity contribution is 0.117. The average Bonchev–Trinajstić information content (AvgIpc) is 2.40. The Morgan fingerprint density at radius 3 is 2.89 bits per heavy atom. The molecule has 0 amide bonds. The number of hydrogen-bond donors (Lipinski definition) is 1. The van der Waals surface area contributed by atoms with Crippen LogP contribution in [-0.2, 0) is 0 Å². The van der Waals surface area contributed by atoms with Crippen LogP contribution in [-0.4, -0.2) is 19.2 Å². The van der Waals surface area contributed by atoms with Gasteiger partial charge < -0.3 is 10.1 Å². The number of nitrogens with one attached hydrogen (secondary N) is 1. The smallest absolute Gasteiger partial charge is 0.139 e. The normalized spacial score (nSPS) is 23.4. The minimum Gasteiger partial charge on any atom is -0.487 e. The molecule has 0 bridgehead atoms.